The highest BCUT2D eigenvalue weighted by Gasteiger charge is 2.19. The summed E-state index contributed by atoms with van der Waals surface area (Å²) in [6.45, 7) is 1.31. The number of aromatic nitrogens is 3. The molecule has 0 saturated carbocycles. The van der Waals surface area contributed by atoms with Crippen molar-refractivity contribution < 1.29 is 13.0 Å². The van der Waals surface area contributed by atoms with Crippen molar-refractivity contribution in [3.8, 4) is 0 Å². The highest BCUT2D eigenvalue weighted by Crippen LogP contribution is 2.08. The van der Waals surface area contributed by atoms with Gasteiger partial charge in [0.05, 0.1) is 6.20 Å². The molecule has 1 rings (SSSR count). The van der Waals surface area contributed by atoms with Crippen LogP contribution in [0.2, 0.25) is 0 Å². The summed E-state index contributed by atoms with van der Waals surface area (Å²) >= 11 is 0. The van der Waals surface area contributed by atoms with E-state index >= 15 is 0 Å². The topological polar surface area (TPSA) is 85.1 Å². The van der Waals surface area contributed by atoms with Crippen LogP contribution in [0.25, 0.3) is 0 Å². The molecule has 1 unspecified atom stereocenters. The maximum Gasteiger partial charge on any atom is 0.288 e. The molecule has 0 aromatic carbocycles. The lowest BCUT2D eigenvalue weighted by Crippen LogP contribution is -2.16. The van der Waals surface area contributed by atoms with Crippen molar-refractivity contribution >= 4 is 10.1 Å². The van der Waals surface area contributed by atoms with E-state index < -0.39 is 15.5 Å². The van der Waals surface area contributed by atoms with Gasteiger partial charge >= 0.3 is 0 Å². The monoisotopic (exact) mass is 177 g/mol. The van der Waals surface area contributed by atoms with Crippen LogP contribution in [-0.4, -0.2) is 28.0 Å². The lowest BCUT2D eigenvalue weighted by molar-refractivity contribution is 0.439. The largest absolute Gasteiger partial charge is 0.288 e. The van der Waals surface area contributed by atoms with E-state index in [1.165, 1.54) is 19.3 Å². The van der Waals surface area contributed by atoms with Crippen molar-refractivity contribution in [2.45, 2.75) is 12.3 Å². The zero-order valence-electron chi connectivity index (χ0n) is 5.75. The molecule has 1 heterocycles. The Kier molecular flexibility index (Phi) is 1.92. The molecule has 1 aromatic rings. The molecule has 0 bridgehead atoms. The molecule has 0 radical (unpaired) electrons. The Bertz CT molecular complexity index is 316. The first-order valence-corrected chi connectivity index (χ1v) is 4.34. The number of hydrogen-bond acceptors (Lipinski definition) is 4. The van der Waals surface area contributed by atoms with Crippen molar-refractivity contribution in [2.24, 2.45) is 0 Å². The standard InChI is InChI=1S/C4H7N3O3S/c1-4(11(8,9)10)7-3-2-5-6-7/h2-4H,1H3,(H,8,9,10). The van der Waals surface area contributed by atoms with Crippen LogP contribution >= 0.6 is 0 Å². The zero-order chi connectivity index (χ0) is 8.48. The van der Waals surface area contributed by atoms with E-state index in [0.29, 0.717) is 0 Å². The van der Waals surface area contributed by atoms with Gasteiger partial charge in [-0.25, -0.2) is 4.68 Å². The maximum atomic E-state index is 10.5. The molecule has 11 heavy (non-hydrogen) atoms. The fraction of sp³-hybridized carbons (Fsp3) is 0.500. The fourth-order valence-corrected chi connectivity index (χ4v) is 0.933. The minimum Gasteiger partial charge on any atom is -0.284 e. The van der Waals surface area contributed by atoms with Crippen molar-refractivity contribution in [3.63, 3.8) is 0 Å². The molecule has 6 nitrogen and oxygen atoms in total. The molecule has 0 aliphatic rings. The Balaban J connectivity index is 2.97. The lowest BCUT2D eigenvalue weighted by Gasteiger charge is -2.05. The summed E-state index contributed by atoms with van der Waals surface area (Å²) in [6.07, 6.45) is 2.69. The second-order valence-corrected chi connectivity index (χ2v) is 3.71. The highest BCUT2D eigenvalue weighted by atomic mass is 32.2. The summed E-state index contributed by atoms with van der Waals surface area (Å²) in [5.41, 5.74) is 0. The van der Waals surface area contributed by atoms with Gasteiger partial charge in [0, 0.05) is 6.20 Å². The van der Waals surface area contributed by atoms with Gasteiger partial charge in [0.2, 0.25) is 0 Å². The first kappa shape index (κ1) is 8.15. The van der Waals surface area contributed by atoms with E-state index in [0.717, 1.165) is 4.68 Å². The van der Waals surface area contributed by atoms with E-state index in [9.17, 15) is 8.42 Å². The first-order chi connectivity index (χ1) is 5.02. The van der Waals surface area contributed by atoms with Gasteiger partial charge in [0.1, 0.15) is 0 Å². The van der Waals surface area contributed by atoms with Gasteiger partial charge < -0.3 is 0 Å². The van der Waals surface area contributed by atoms with Gasteiger partial charge in [-0.15, -0.1) is 5.10 Å². The molecule has 0 spiro atoms. The van der Waals surface area contributed by atoms with Gasteiger partial charge in [0.25, 0.3) is 10.1 Å². The van der Waals surface area contributed by atoms with Crippen LogP contribution in [0.1, 0.15) is 12.3 Å². The summed E-state index contributed by atoms with van der Waals surface area (Å²) in [5, 5.41) is 5.73. The lowest BCUT2D eigenvalue weighted by atomic mass is 10.7. The molecular weight excluding hydrogens is 170 g/mol. The third kappa shape index (κ3) is 1.75. The Morgan fingerprint density at radius 2 is 2.27 bits per heavy atom. The minimum absolute atomic E-state index is 1.05. The van der Waals surface area contributed by atoms with Crippen LogP contribution < -0.4 is 0 Å². The Hall–Kier alpha value is -0.950. The highest BCUT2D eigenvalue weighted by molar-refractivity contribution is 7.85. The maximum absolute atomic E-state index is 10.5. The van der Waals surface area contributed by atoms with E-state index in [1.807, 2.05) is 0 Å². The van der Waals surface area contributed by atoms with Gasteiger partial charge in [0.15, 0.2) is 5.37 Å². The summed E-state index contributed by atoms with van der Waals surface area (Å²) in [4.78, 5) is 0. The average molecular weight is 177 g/mol. The Morgan fingerprint density at radius 1 is 1.64 bits per heavy atom. The Labute approximate surface area is 63.6 Å². The van der Waals surface area contributed by atoms with E-state index in [-0.39, 0.29) is 0 Å². The van der Waals surface area contributed by atoms with Gasteiger partial charge in [-0.05, 0) is 6.92 Å². The van der Waals surface area contributed by atoms with Crippen molar-refractivity contribution in [3.05, 3.63) is 12.4 Å². The SMILES string of the molecule is CC(n1ccnn1)S(=O)(=O)O. The average Bonchev–Trinajstić information content (AvgIpc) is 2.34. The fourth-order valence-electron chi connectivity index (χ4n) is 0.548. The molecule has 0 fully saturated rings. The predicted octanol–water partition coefficient (Wildman–Crippen LogP) is -0.316. The smallest absolute Gasteiger partial charge is 0.284 e. The molecule has 1 aromatic heterocycles. The van der Waals surface area contributed by atoms with Crippen LogP contribution in [0.15, 0.2) is 12.4 Å². The van der Waals surface area contributed by atoms with Gasteiger partial charge in [-0.3, -0.25) is 4.55 Å². The third-order valence-electron chi connectivity index (χ3n) is 1.24. The molecule has 62 valence electrons. The van der Waals surface area contributed by atoms with Crippen LogP contribution in [0, 0.1) is 0 Å². The van der Waals surface area contributed by atoms with Crippen molar-refractivity contribution in [1.29, 1.82) is 0 Å². The summed E-state index contributed by atoms with van der Waals surface area (Å²) in [6, 6.07) is 0. The zero-order valence-corrected chi connectivity index (χ0v) is 6.56. The number of hydrogen-bond donors (Lipinski definition) is 1. The molecule has 0 aliphatic heterocycles. The summed E-state index contributed by atoms with van der Waals surface area (Å²) in [5.74, 6) is 0. The van der Waals surface area contributed by atoms with Gasteiger partial charge in [-0.1, -0.05) is 5.21 Å². The van der Waals surface area contributed by atoms with Crippen LogP contribution in [0.4, 0.5) is 0 Å². The van der Waals surface area contributed by atoms with E-state index in [2.05, 4.69) is 10.3 Å². The molecule has 1 N–H and O–H groups in total. The molecule has 7 heteroatoms. The van der Waals surface area contributed by atoms with Gasteiger partial charge in [-0.2, -0.15) is 8.42 Å². The molecule has 1 atom stereocenters. The second-order valence-electron chi connectivity index (χ2n) is 2.00. The van der Waals surface area contributed by atoms with Crippen LogP contribution in [0.5, 0.6) is 0 Å². The van der Waals surface area contributed by atoms with Crippen LogP contribution in [-0.2, 0) is 10.1 Å². The first-order valence-electron chi connectivity index (χ1n) is 2.84. The number of rotatable bonds is 2. The normalized spacial score (nSPS) is 14.7. The predicted molar refractivity (Wildman–Crippen MR) is 36.3 cm³/mol. The minimum atomic E-state index is -4.07. The summed E-state index contributed by atoms with van der Waals surface area (Å²) in [7, 11) is -4.07. The van der Waals surface area contributed by atoms with E-state index in [4.69, 9.17) is 4.55 Å². The van der Waals surface area contributed by atoms with E-state index in [1.54, 1.807) is 0 Å². The molecule has 0 saturated heterocycles. The second kappa shape index (κ2) is 2.59. The third-order valence-corrected chi connectivity index (χ3v) is 2.32. The molecule has 0 amide bonds. The molecular formula is C4H7N3O3S. The number of nitrogens with zero attached hydrogens (tertiary/aromatic N) is 3. The Morgan fingerprint density at radius 3 is 2.64 bits per heavy atom. The van der Waals surface area contributed by atoms with Crippen molar-refractivity contribution in [2.75, 3.05) is 0 Å². The van der Waals surface area contributed by atoms with Crippen molar-refractivity contribution in [1.82, 2.24) is 15.0 Å². The van der Waals surface area contributed by atoms with Crippen LogP contribution in [0.3, 0.4) is 0 Å². The summed E-state index contributed by atoms with van der Waals surface area (Å²) < 4.78 is 30.6. The molecule has 0 aliphatic carbocycles. The quantitative estimate of drug-likeness (QED) is 0.626.